The van der Waals surface area contributed by atoms with Gasteiger partial charge in [-0.25, -0.2) is 9.37 Å². The Labute approximate surface area is 128 Å². The first-order valence-electron chi connectivity index (χ1n) is 7.67. The molecule has 0 unspecified atom stereocenters. The van der Waals surface area contributed by atoms with Crippen LogP contribution in [0.1, 0.15) is 52.4 Å². The maximum absolute atomic E-state index is 13.5. The molecule has 2 aliphatic carbocycles. The van der Waals surface area contributed by atoms with Crippen molar-refractivity contribution in [3.63, 3.8) is 0 Å². The van der Waals surface area contributed by atoms with Crippen LogP contribution in [-0.2, 0) is 6.42 Å². The first-order chi connectivity index (χ1) is 10.2. The number of benzene rings is 1. The van der Waals surface area contributed by atoms with Crippen molar-refractivity contribution in [2.24, 2.45) is 5.92 Å². The van der Waals surface area contributed by atoms with Gasteiger partial charge in [0.25, 0.3) is 0 Å². The summed E-state index contributed by atoms with van der Waals surface area (Å²) in [5, 5.41) is 4.97. The van der Waals surface area contributed by atoms with Gasteiger partial charge in [0.1, 0.15) is 10.8 Å². The molecule has 0 radical (unpaired) electrons. The van der Waals surface area contributed by atoms with Gasteiger partial charge in [0.15, 0.2) is 0 Å². The van der Waals surface area contributed by atoms with Gasteiger partial charge in [-0.05, 0) is 61.8 Å². The minimum absolute atomic E-state index is 0.129. The van der Waals surface area contributed by atoms with E-state index in [0.717, 1.165) is 18.4 Å². The predicted molar refractivity (Wildman–Crippen MR) is 82.9 cm³/mol. The van der Waals surface area contributed by atoms with Crippen LogP contribution in [0.15, 0.2) is 24.4 Å². The first kappa shape index (κ1) is 13.4. The fourth-order valence-electron chi connectivity index (χ4n) is 3.32. The monoisotopic (exact) mass is 302 g/mol. The molecule has 0 spiro atoms. The number of thiazole rings is 1. The molecule has 2 aliphatic rings. The molecule has 0 aliphatic heterocycles. The van der Waals surface area contributed by atoms with Crippen LogP contribution < -0.4 is 5.32 Å². The maximum Gasteiger partial charge on any atom is 0.123 e. The SMILES string of the molecule is Cc1cnc([C@H](N[C@H]2CCc3ccc(F)cc32)C2CC2)s1. The normalized spacial score (nSPS) is 22.3. The van der Waals surface area contributed by atoms with E-state index >= 15 is 0 Å². The van der Waals surface area contributed by atoms with E-state index in [1.165, 1.54) is 28.3 Å². The summed E-state index contributed by atoms with van der Waals surface area (Å²) < 4.78 is 13.5. The van der Waals surface area contributed by atoms with Crippen molar-refractivity contribution < 1.29 is 4.39 Å². The molecule has 4 heteroatoms. The molecule has 1 aromatic heterocycles. The highest BCUT2D eigenvalue weighted by atomic mass is 32.1. The van der Waals surface area contributed by atoms with E-state index in [0.29, 0.717) is 12.0 Å². The number of hydrogen-bond acceptors (Lipinski definition) is 3. The lowest BCUT2D eigenvalue weighted by atomic mass is 10.1. The summed E-state index contributed by atoms with van der Waals surface area (Å²) in [6.45, 7) is 2.10. The lowest BCUT2D eigenvalue weighted by Crippen LogP contribution is -2.26. The van der Waals surface area contributed by atoms with Gasteiger partial charge < -0.3 is 5.32 Å². The zero-order chi connectivity index (χ0) is 14.4. The van der Waals surface area contributed by atoms with E-state index in [1.807, 2.05) is 12.3 Å². The van der Waals surface area contributed by atoms with Crippen LogP contribution in [-0.4, -0.2) is 4.98 Å². The quantitative estimate of drug-likeness (QED) is 0.910. The first-order valence-corrected chi connectivity index (χ1v) is 8.49. The number of fused-ring (bicyclic) bond motifs is 1. The molecular weight excluding hydrogens is 283 g/mol. The number of halogens is 1. The molecule has 0 bridgehead atoms. The Morgan fingerprint density at radius 3 is 2.90 bits per heavy atom. The number of aryl methyl sites for hydroxylation is 2. The molecule has 4 rings (SSSR count). The molecule has 1 aromatic carbocycles. The van der Waals surface area contributed by atoms with Crippen LogP contribution in [0.25, 0.3) is 0 Å². The van der Waals surface area contributed by atoms with Gasteiger partial charge in [-0.15, -0.1) is 11.3 Å². The molecule has 2 atom stereocenters. The van der Waals surface area contributed by atoms with Gasteiger partial charge in [0.2, 0.25) is 0 Å². The Bertz CT molecular complexity index is 663. The molecular formula is C17H19FN2S. The topological polar surface area (TPSA) is 24.9 Å². The molecule has 2 aromatic rings. The molecule has 0 amide bonds. The zero-order valence-electron chi connectivity index (χ0n) is 12.1. The van der Waals surface area contributed by atoms with E-state index in [-0.39, 0.29) is 11.9 Å². The summed E-state index contributed by atoms with van der Waals surface area (Å²) in [6, 6.07) is 5.82. The van der Waals surface area contributed by atoms with Crippen molar-refractivity contribution in [3.8, 4) is 0 Å². The highest BCUT2D eigenvalue weighted by Crippen LogP contribution is 2.44. The number of nitrogens with one attached hydrogen (secondary N) is 1. The standard InChI is InChI=1S/C17H19FN2S/c1-10-9-19-17(21-10)16(12-2-3-12)20-15-7-5-11-4-6-13(18)8-14(11)15/h4,6,8-9,12,15-16,20H,2-3,5,7H2,1H3/t15-,16+/m0/s1. The van der Waals surface area contributed by atoms with Crippen molar-refractivity contribution >= 4 is 11.3 Å². The highest BCUT2D eigenvalue weighted by molar-refractivity contribution is 7.11. The van der Waals surface area contributed by atoms with Crippen LogP contribution in [0.3, 0.4) is 0 Å². The number of rotatable bonds is 4. The van der Waals surface area contributed by atoms with E-state index in [4.69, 9.17) is 0 Å². The number of aromatic nitrogens is 1. The van der Waals surface area contributed by atoms with Crippen molar-refractivity contribution in [1.29, 1.82) is 0 Å². The number of hydrogen-bond donors (Lipinski definition) is 1. The van der Waals surface area contributed by atoms with Crippen LogP contribution >= 0.6 is 11.3 Å². The third kappa shape index (κ3) is 2.62. The average Bonchev–Trinajstić information content (AvgIpc) is 3.10. The summed E-state index contributed by atoms with van der Waals surface area (Å²) >= 11 is 1.78. The van der Waals surface area contributed by atoms with Gasteiger partial charge in [-0.3, -0.25) is 0 Å². The molecule has 1 N–H and O–H groups in total. The summed E-state index contributed by atoms with van der Waals surface area (Å²) in [7, 11) is 0. The molecule has 0 saturated heterocycles. The second-order valence-electron chi connectivity index (χ2n) is 6.23. The Hall–Kier alpha value is -1.26. The fraction of sp³-hybridized carbons (Fsp3) is 0.471. The van der Waals surface area contributed by atoms with Gasteiger partial charge in [0, 0.05) is 17.1 Å². The summed E-state index contributed by atoms with van der Waals surface area (Å²) in [5.74, 6) is 0.573. The van der Waals surface area contributed by atoms with Gasteiger partial charge in [-0.2, -0.15) is 0 Å². The smallest absolute Gasteiger partial charge is 0.123 e. The zero-order valence-corrected chi connectivity index (χ0v) is 12.9. The third-order valence-electron chi connectivity index (χ3n) is 4.57. The molecule has 21 heavy (non-hydrogen) atoms. The largest absolute Gasteiger partial charge is 0.301 e. The van der Waals surface area contributed by atoms with Gasteiger partial charge >= 0.3 is 0 Å². The Kier molecular flexibility index (Phi) is 3.31. The molecule has 1 fully saturated rings. The summed E-state index contributed by atoms with van der Waals surface area (Å²) in [6.07, 6.45) is 6.62. The second-order valence-corrected chi connectivity index (χ2v) is 7.49. The van der Waals surface area contributed by atoms with E-state index in [9.17, 15) is 4.39 Å². The van der Waals surface area contributed by atoms with Crippen molar-refractivity contribution in [2.75, 3.05) is 0 Å². The fourth-order valence-corrected chi connectivity index (χ4v) is 4.25. The van der Waals surface area contributed by atoms with Crippen molar-refractivity contribution in [2.45, 2.75) is 44.7 Å². The number of nitrogens with zero attached hydrogens (tertiary/aromatic N) is 1. The van der Waals surface area contributed by atoms with Crippen molar-refractivity contribution in [1.82, 2.24) is 10.3 Å². The Morgan fingerprint density at radius 2 is 2.19 bits per heavy atom. The predicted octanol–water partition coefficient (Wildman–Crippen LogP) is 4.32. The van der Waals surface area contributed by atoms with Crippen molar-refractivity contribution in [3.05, 3.63) is 51.2 Å². The second kappa shape index (κ2) is 5.18. The third-order valence-corrected chi connectivity index (χ3v) is 5.56. The van der Waals surface area contributed by atoms with E-state index in [1.54, 1.807) is 23.5 Å². The minimum atomic E-state index is -0.129. The molecule has 2 nitrogen and oxygen atoms in total. The maximum atomic E-state index is 13.5. The Balaban J connectivity index is 1.59. The summed E-state index contributed by atoms with van der Waals surface area (Å²) in [4.78, 5) is 5.83. The van der Waals surface area contributed by atoms with Gasteiger partial charge in [-0.1, -0.05) is 6.07 Å². The molecule has 110 valence electrons. The van der Waals surface area contributed by atoms with Crippen LogP contribution in [0, 0.1) is 18.7 Å². The molecule has 1 saturated carbocycles. The van der Waals surface area contributed by atoms with Crippen LogP contribution in [0.5, 0.6) is 0 Å². The van der Waals surface area contributed by atoms with Crippen LogP contribution in [0.4, 0.5) is 4.39 Å². The lowest BCUT2D eigenvalue weighted by molar-refractivity contribution is 0.406. The average molecular weight is 302 g/mol. The van der Waals surface area contributed by atoms with Gasteiger partial charge in [0.05, 0.1) is 6.04 Å². The minimum Gasteiger partial charge on any atom is -0.301 e. The van der Waals surface area contributed by atoms with Crippen LogP contribution in [0.2, 0.25) is 0 Å². The molecule has 1 heterocycles. The van der Waals surface area contributed by atoms with E-state index < -0.39 is 0 Å². The van der Waals surface area contributed by atoms with E-state index in [2.05, 4.69) is 17.2 Å². The highest BCUT2D eigenvalue weighted by Gasteiger charge is 2.36. The Morgan fingerprint density at radius 1 is 1.33 bits per heavy atom. The summed E-state index contributed by atoms with van der Waals surface area (Å²) in [5.41, 5.74) is 2.44. The lowest BCUT2D eigenvalue weighted by Gasteiger charge is -2.22.